The molecule has 0 aliphatic carbocycles. The highest BCUT2D eigenvalue weighted by atomic mass is 19.4. The molecule has 0 heterocycles. The van der Waals surface area contributed by atoms with E-state index < -0.39 is 46.7 Å². The zero-order valence-electron chi connectivity index (χ0n) is 16.3. The molecule has 0 saturated heterocycles. The summed E-state index contributed by atoms with van der Waals surface area (Å²) in [5, 5.41) is 4.53. The van der Waals surface area contributed by atoms with E-state index in [1.54, 1.807) is 6.92 Å². The van der Waals surface area contributed by atoms with E-state index in [9.17, 15) is 35.9 Å². The van der Waals surface area contributed by atoms with Crippen LogP contribution in [0.15, 0.2) is 36.4 Å². The zero-order valence-corrected chi connectivity index (χ0v) is 16.3. The molecule has 0 aliphatic heterocycles. The number of nitrogens with zero attached hydrogens (tertiary/aromatic N) is 1. The van der Waals surface area contributed by atoms with Crippen molar-refractivity contribution in [3.63, 3.8) is 0 Å². The molecular formula is C20H19F6N3O2. The molecule has 0 unspecified atom stereocenters. The molecule has 2 rings (SSSR count). The molecule has 0 fully saturated rings. The minimum absolute atomic E-state index is 0.141. The van der Waals surface area contributed by atoms with Crippen LogP contribution in [0.3, 0.4) is 0 Å². The summed E-state index contributed by atoms with van der Waals surface area (Å²) in [5.74, 6) is -6.02. The Balaban J connectivity index is 1.96. The third-order valence-electron chi connectivity index (χ3n) is 4.08. The number of benzene rings is 2. The van der Waals surface area contributed by atoms with E-state index in [0.29, 0.717) is 19.0 Å². The number of carbonyl (C=O) groups excluding carboxylic acids is 2. The van der Waals surface area contributed by atoms with Crippen LogP contribution >= 0.6 is 0 Å². The van der Waals surface area contributed by atoms with Crippen molar-refractivity contribution in [2.75, 3.05) is 30.3 Å². The van der Waals surface area contributed by atoms with Crippen molar-refractivity contribution >= 4 is 23.2 Å². The lowest BCUT2D eigenvalue weighted by Crippen LogP contribution is -2.39. The zero-order chi connectivity index (χ0) is 23.2. The Kier molecular flexibility index (Phi) is 8.03. The van der Waals surface area contributed by atoms with Gasteiger partial charge in [0, 0.05) is 5.69 Å². The fourth-order valence-corrected chi connectivity index (χ4v) is 2.69. The van der Waals surface area contributed by atoms with Gasteiger partial charge in [-0.05, 0) is 49.4 Å². The van der Waals surface area contributed by atoms with Gasteiger partial charge in [-0.1, -0.05) is 6.92 Å². The number of nitrogens with one attached hydrogen (secondary N) is 2. The smallest absolute Gasteiger partial charge is 0.325 e. The second-order valence-corrected chi connectivity index (χ2v) is 6.61. The van der Waals surface area contributed by atoms with Crippen LogP contribution in [0.2, 0.25) is 0 Å². The number of amides is 2. The summed E-state index contributed by atoms with van der Waals surface area (Å²) in [6, 6.07) is 5.38. The van der Waals surface area contributed by atoms with Crippen LogP contribution in [-0.2, 0) is 15.8 Å². The van der Waals surface area contributed by atoms with E-state index in [2.05, 4.69) is 10.6 Å². The summed E-state index contributed by atoms with van der Waals surface area (Å²) < 4.78 is 77.7. The Hall–Kier alpha value is -3.08. The minimum atomic E-state index is -4.50. The van der Waals surface area contributed by atoms with Gasteiger partial charge in [-0.2, -0.15) is 13.2 Å². The molecule has 0 saturated carbocycles. The SMILES string of the molecule is CCCN(CC(=O)Nc1ccc(C(F)(F)F)cc1)CC(=O)Nc1ccc(F)c(F)c1F. The Morgan fingerprint density at radius 2 is 1.45 bits per heavy atom. The van der Waals surface area contributed by atoms with E-state index >= 15 is 0 Å². The number of alkyl halides is 3. The van der Waals surface area contributed by atoms with Crippen molar-refractivity contribution in [2.24, 2.45) is 0 Å². The van der Waals surface area contributed by atoms with Crippen molar-refractivity contribution in [2.45, 2.75) is 19.5 Å². The molecule has 0 radical (unpaired) electrons. The lowest BCUT2D eigenvalue weighted by molar-refractivity contribution is -0.137. The van der Waals surface area contributed by atoms with Gasteiger partial charge in [-0.25, -0.2) is 13.2 Å². The molecule has 0 bridgehead atoms. The van der Waals surface area contributed by atoms with Crippen molar-refractivity contribution in [1.29, 1.82) is 0 Å². The lowest BCUT2D eigenvalue weighted by atomic mass is 10.2. The van der Waals surface area contributed by atoms with Gasteiger partial charge in [-0.3, -0.25) is 14.5 Å². The normalized spacial score (nSPS) is 11.5. The molecular weight excluding hydrogens is 428 g/mol. The van der Waals surface area contributed by atoms with E-state index in [1.165, 1.54) is 4.90 Å². The Bertz CT molecular complexity index is 932. The van der Waals surface area contributed by atoms with Gasteiger partial charge < -0.3 is 10.6 Å². The quantitative estimate of drug-likeness (QED) is 0.466. The van der Waals surface area contributed by atoms with E-state index in [4.69, 9.17) is 0 Å². The first-order chi connectivity index (χ1) is 14.5. The first kappa shape index (κ1) is 24.2. The second-order valence-electron chi connectivity index (χ2n) is 6.61. The van der Waals surface area contributed by atoms with Crippen LogP contribution in [0.5, 0.6) is 0 Å². The average Bonchev–Trinajstić information content (AvgIpc) is 2.68. The van der Waals surface area contributed by atoms with Crippen molar-refractivity contribution in [1.82, 2.24) is 4.90 Å². The van der Waals surface area contributed by atoms with Crippen LogP contribution in [0.25, 0.3) is 0 Å². The number of halogens is 6. The Labute approximate surface area is 174 Å². The summed E-state index contributed by atoms with van der Waals surface area (Å²) in [7, 11) is 0. The highest BCUT2D eigenvalue weighted by molar-refractivity contribution is 5.94. The molecule has 2 N–H and O–H groups in total. The summed E-state index contributed by atoms with van der Waals surface area (Å²) in [6.45, 7) is 1.46. The number of carbonyl (C=O) groups is 2. The number of anilines is 2. The van der Waals surface area contributed by atoms with E-state index in [0.717, 1.165) is 30.3 Å². The molecule has 11 heteroatoms. The van der Waals surface area contributed by atoms with Gasteiger partial charge in [0.05, 0.1) is 24.3 Å². The standard InChI is InChI=1S/C20H19F6N3O2/c1-2-9-29(11-17(31)28-15-8-7-14(21)18(22)19(15)23)10-16(30)27-13-5-3-12(4-6-13)20(24,25)26/h3-8H,2,9-11H2,1H3,(H,27,30)(H,28,31). The maximum atomic E-state index is 13.7. The van der Waals surface area contributed by atoms with Crippen LogP contribution in [0, 0.1) is 17.5 Å². The highest BCUT2D eigenvalue weighted by Crippen LogP contribution is 2.29. The first-order valence-electron chi connectivity index (χ1n) is 9.14. The van der Waals surface area contributed by atoms with E-state index in [-0.39, 0.29) is 18.8 Å². The predicted molar refractivity (Wildman–Crippen MR) is 102 cm³/mol. The van der Waals surface area contributed by atoms with Crippen LogP contribution < -0.4 is 10.6 Å². The lowest BCUT2D eigenvalue weighted by Gasteiger charge is -2.21. The Morgan fingerprint density at radius 1 is 0.871 bits per heavy atom. The van der Waals surface area contributed by atoms with Gasteiger partial charge in [0.2, 0.25) is 11.8 Å². The molecule has 0 spiro atoms. The number of hydrogen-bond donors (Lipinski definition) is 2. The maximum Gasteiger partial charge on any atom is 0.416 e. The fraction of sp³-hybridized carbons (Fsp3) is 0.300. The molecule has 31 heavy (non-hydrogen) atoms. The van der Waals surface area contributed by atoms with Crippen molar-refractivity contribution in [3.05, 3.63) is 59.4 Å². The molecule has 0 aliphatic rings. The Morgan fingerprint density at radius 3 is 2.00 bits per heavy atom. The summed E-state index contributed by atoms with van der Waals surface area (Å²) in [4.78, 5) is 25.8. The molecule has 5 nitrogen and oxygen atoms in total. The summed E-state index contributed by atoms with van der Waals surface area (Å²) in [6.07, 6.45) is -3.94. The molecule has 2 aromatic rings. The number of rotatable bonds is 8. The van der Waals surface area contributed by atoms with Gasteiger partial charge in [0.15, 0.2) is 17.5 Å². The molecule has 0 atom stereocenters. The third kappa shape index (κ3) is 6.99. The molecule has 2 amide bonds. The van der Waals surface area contributed by atoms with Crippen LogP contribution in [-0.4, -0.2) is 36.3 Å². The van der Waals surface area contributed by atoms with E-state index in [1.807, 2.05) is 0 Å². The van der Waals surface area contributed by atoms with Gasteiger partial charge in [0.25, 0.3) is 0 Å². The summed E-state index contributed by atoms with van der Waals surface area (Å²) in [5.41, 5.74) is -1.27. The van der Waals surface area contributed by atoms with Crippen molar-refractivity contribution < 1.29 is 35.9 Å². The maximum absolute atomic E-state index is 13.7. The van der Waals surface area contributed by atoms with Gasteiger partial charge >= 0.3 is 6.18 Å². The van der Waals surface area contributed by atoms with Gasteiger partial charge in [0.1, 0.15) is 0 Å². The van der Waals surface area contributed by atoms with Gasteiger partial charge in [-0.15, -0.1) is 0 Å². The van der Waals surface area contributed by atoms with Crippen molar-refractivity contribution in [3.8, 4) is 0 Å². The van der Waals surface area contributed by atoms with Crippen LogP contribution in [0.1, 0.15) is 18.9 Å². The largest absolute Gasteiger partial charge is 0.416 e. The minimum Gasteiger partial charge on any atom is -0.325 e. The first-order valence-corrected chi connectivity index (χ1v) is 9.14. The third-order valence-corrected chi connectivity index (χ3v) is 4.08. The second kappa shape index (κ2) is 10.3. The number of hydrogen-bond acceptors (Lipinski definition) is 3. The topological polar surface area (TPSA) is 61.4 Å². The fourth-order valence-electron chi connectivity index (χ4n) is 2.69. The van der Waals surface area contributed by atoms with Crippen LogP contribution in [0.4, 0.5) is 37.7 Å². The molecule has 168 valence electrons. The predicted octanol–water partition coefficient (Wildman–Crippen LogP) is 4.41. The monoisotopic (exact) mass is 447 g/mol. The highest BCUT2D eigenvalue weighted by Gasteiger charge is 2.30. The average molecular weight is 447 g/mol. The molecule has 0 aromatic heterocycles. The molecule has 2 aromatic carbocycles. The summed E-state index contributed by atoms with van der Waals surface area (Å²) >= 11 is 0.